The predicted molar refractivity (Wildman–Crippen MR) is 103 cm³/mol. The minimum Gasteiger partial charge on any atom is -0.462 e. The number of amides is 2. The highest BCUT2D eigenvalue weighted by atomic mass is 16.5. The number of carbonyl (C=O) groups is 2. The Morgan fingerprint density at radius 1 is 1.27 bits per heavy atom. The van der Waals surface area contributed by atoms with Gasteiger partial charge in [-0.2, -0.15) is 0 Å². The first-order valence-corrected chi connectivity index (χ1v) is 9.06. The minimum atomic E-state index is -0.519. The molecule has 0 saturated heterocycles. The van der Waals surface area contributed by atoms with Gasteiger partial charge in [0.2, 0.25) is 0 Å². The predicted octanol–water partition coefficient (Wildman–Crippen LogP) is 3.36. The van der Waals surface area contributed by atoms with E-state index in [1.807, 2.05) is 43.3 Å². The van der Waals surface area contributed by atoms with E-state index in [0.29, 0.717) is 23.8 Å². The number of rotatable bonds is 7. The molecule has 1 aliphatic heterocycles. The van der Waals surface area contributed by atoms with Crippen LogP contribution in [0.4, 0.5) is 10.5 Å². The van der Waals surface area contributed by atoms with Crippen molar-refractivity contribution in [1.82, 2.24) is 10.6 Å². The fourth-order valence-corrected chi connectivity index (χ4v) is 3.05. The number of urea groups is 1. The fraction of sp³-hybridized carbons (Fsp3) is 0.500. The Morgan fingerprint density at radius 2 is 1.92 bits per heavy atom. The Balaban J connectivity index is 2.23. The van der Waals surface area contributed by atoms with Crippen LogP contribution in [0.3, 0.4) is 0 Å². The molecule has 0 radical (unpaired) electrons. The van der Waals surface area contributed by atoms with E-state index < -0.39 is 6.04 Å². The van der Waals surface area contributed by atoms with Gasteiger partial charge in [-0.15, -0.1) is 0 Å². The molecule has 2 rings (SSSR count). The van der Waals surface area contributed by atoms with Gasteiger partial charge in [0.25, 0.3) is 0 Å². The summed E-state index contributed by atoms with van der Waals surface area (Å²) in [5, 5.41) is 5.51. The topological polar surface area (TPSA) is 70.7 Å². The molecule has 26 heavy (non-hydrogen) atoms. The zero-order chi connectivity index (χ0) is 19.3. The summed E-state index contributed by atoms with van der Waals surface area (Å²) in [6.07, 6.45) is 2.06. The molecule has 2 amide bonds. The minimum absolute atomic E-state index is 0.314. The molecule has 0 fully saturated rings. The molecular weight excluding hydrogens is 330 g/mol. The van der Waals surface area contributed by atoms with Gasteiger partial charge in [0.05, 0.1) is 18.2 Å². The third-order valence-corrected chi connectivity index (χ3v) is 4.51. The molecule has 142 valence electrons. The highest BCUT2D eigenvalue weighted by Gasteiger charge is 2.32. The third-order valence-electron chi connectivity index (χ3n) is 4.51. The summed E-state index contributed by atoms with van der Waals surface area (Å²) in [6.45, 7) is 6.28. The molecule has 0 spiro atoms. The van der Waals surface area contributed by atoms with Crippen LogP contribution in [0.25, 0.3) is 0 Å². The maximum Gasteiger partial charge on any atom is 0.338 e. The lowest BCUT2D eigenvalue weighted by Crippen LogP contribution is -2.45. The van der Waals surface area contributed by atoms with Gasteiger partial charge in [0.15, 0.2) is 0 Å². The number of anilines is 1. The van der Waals surface area contributed by atoms with Crippen LogP contribution < -0.4 is 15.5 Å². The van der Waals surface area contributed by atoms with Crippen molar-refractivity contribution >= 4 is 17.7 Å². The van der Waals surface area contributed by atoms with E-state index in [1.54, 1.807) is 6.92 Å². The standard InChI is InChI=1S/C20H29N3O3/c1-6-7-13(2)12-26-19(24)17-14(3)21-20(25)22-18(17)15-8-10-16(11-9-15)23(4)5/h8-11,13,18H,6-7,12H2,1-5H3,(H2,21,22,25)/t13-,18+/m1/s1. The monoisotopic (exact) mass is 359 g/mol. The van der Waals surface area contributed by atoms with Crippen molar-refractivity contribution < 1.29 is 14.3 Å². The lowest BCUT2D eigenvalue weighted by Gasteiger charge is -2.28. The van der Waals surface area contributed by atoms with Crippen LogP contribution in [0.15, 0.2) is 35.5 Å². The van der Waals surface area contributed by atoms with Crippen molar-refractivity contribution in [3.63, 3.8) is 0 Å². The summed E-state index contributed by atoms with van der Waals surface area (Å²) < 4.78 is 5.52. The van der Waals surface area contributed by atoms with E-state index in [2.05, 4.69) is 24.5 Å². The fourth-order valence-electron chi connectivity index (χ4n) is 3.05. The Morgan fingerprint density at radius 3 is 2.50 bits per heavy atom. The second kappa shape index (κ2) is 8.74. The largest absolute Gasteiger partial charge is 0.462 e. The SMILES string of the molecule is CCC[C@@H](C)COC(=O)C1=C(C)NC(=O)N[C@H]1c1ccc(N(C)C)cc1. The van der Waals surface area contributed by atoms with Crippen molar-refractivity contribution in [3.8, 4) is 0 Å². The average molecular weight is 359 g/mol. The number of hydrogen-bond acceptors (Lipinski definition) is 4. The highest BCUT2D eigenvalue weighted by molar-refractivity contribution is 5.95. The van der Waals surface area contributed by atoms with Crippen LogP contribution in [0.2, 0.25) is 0 Å². The molecule has 0 unspecified atom stereocenters. The number of hydrogen-bond donors (Lipinski definition) is 2. The molecule has 0 saturated carbocycles. The Kier molecular flexibility index (Phi) is 6.66. The summed E-state index contributed by atoms with van der Waals surface area (Å²) in [4.78, 5) is 26.6. The van der Waals surface area contributed by atoms with Gasteiger partial charge in [-0.3, -0.25) is 0 Å². The quantitative estimate of drug-likeness (QED) is 0.733. The van der Waals surface area contributed by atoms with Gasteiger partial charge in [0.1, 0.15) is 0 Å². The number of ether oxygens (including phenoxy) is 1. The first-order valence-electron chi connectivity index (χ1n) is 9.06. The summed E-state index contributed by atoms with van der Waals surface area (Å²) in [5.41, 5.74) is 2.88. The zero-order valence-electron chi connectivity index (χ0n) is 16.3. The van der Waals surface area contributed by atoms with Gasteiger partial charge in [-0.05, 0) is 37.0 Å². The van der Waals surface area contributed by atoms with E-state index in [1.165, 1.54) is 0 Å². The van der Waals surface area contributed by atoms with Crippen molar-refractivity contribution in [2.45, 2.75) is 39.7 Å². The van der Waals surface area contributed by atoms with E-state index in [-0.39, 0.29) is 12.0 Å². The molecule has 1 heterocycles. The Labute approximate surface area is 155 Å². The van der Waals surface area contributed by atoms with Crippen LogP contribution >= 0.6 is 0 Å². The van der Waals surface area contributed by atoms with E-state index in [4.69, 9.17) is 4.74 Å². The number of carbonyl (C=O) groups excluding carboxylic acids is 2. The summed E-state index contributed by atoms with van der Waals surface area (Å²) >= 11 is 0. The normalized spacial score (nSPS) is 18.0. The molecule has 0 aromatic heterocycles. The van der Waals surface area contributed by atoms with Gasteiger partial charge >= 0.3 is 12.0 Å². The summed E-state index contributed by atoms with van der Waals surface area (Å²) in [5.74, 6) is -0.0755. The smallest absolute Gasteiger partial charge is 0.338 e. The lowest BCUT2D eigenvalue weighted by atomic mass is 9.95. The Bertz CT molecular complexity index is 680. The number of nitrogens with one attached hydrogen (secondary N) is 2. The molecule has 6 nitrogen and oxygen atoms in total. The number of allylic oxidation sites excluding steroid dienone is 1. The average Bonchev–Trinajstić information content (AvgIpc) is 2.59. The highest BCUT2D eigenvalue weighted by Crippen LogP contribution is 2.29. The summed E-state index contributed by atoms with van der Waals surface area (Å²) in [7, 11) is 3.93. The molecule has 0 aliphatic carbocycles. The lowest BCUT2D eigenvalue weighted by molar-refractivity contribution is -0.140. The first-order chi connectivity index (χ1) is 12.3. The molecule has 1 aliphatic rings. The molecular formula is C20H29N3O3. The van der Waals surface area contributed by atoms with Gasteiger partial charge in [-0.1, -0.05) is 32.4 Å². The van der Waals surface area contributed by atoms with Crippen LogP contribution in [0.5, 0.6) is 0 Å². The van der Waals surface area contributed by atoms with Crippen molar-refractivity contribution in [3.05, 3.63) is 41.1 Å². The number of nitrogens with zero attached hydrogens (tertiary/aromatic N) is 1. The van der Waals surface area contributed by atoms with E-state index in [0.717, 1.165) is 24.1 Å². The molecule has 1 aromatic rings. The maximum absolute atomic E-state index is 12.7. The van der Waals surface area contributed by atoms with Gasteiger partial charge < -0.3 is 20.3 Å². The Hall–Kier alpha value is -2.50. The van der Waals surface area contributed by atoms with Crippen molar-refractivity contribution in [2.24, 2.45) is 5.92 Å². The number of benzene rings is 1. The van der Waals surface area contributed by atoms with Crippen LogP contribution in [-0.4, -0.2) is 32.7 Å². The molecule has 0 bridgehead atoms. The van der Waals surface area contributed by atoms with E-state index >= 15 is 0 Å². The number of esters is 1. The van der Waals surface area contributed by atoms with Crippen molar-refractivity contribution in [1.29, 1.82) is 0 Å². The van der Waals surface area contributed by atoms with Crippen LogP contribution in [-0.2, 0) is 9.53 Å². The molecule has 6 heteroatoms. The molecule has 2 atom stereocenters. The first kappa shape index (κ1) is 19.8. The second-order valence-electron chi connectivity index (χ2n) is 7.05. The molecule has 1 aromatic carbocycles. The second-order valence-corrected chi connectivity index (χ2v) is 7.05. The van der Waals surface area contributed by atoms with Crippen LogP contribution in [0, 0.1) is 5.92 Å². The summed E-state index contributed by atoms with van der Waals surface area (Å²) in [6, 6.07) is 6.93. The zero-order valence-corrected chi connectivity index (χ0v) is 16.3. The van der Waals surface area contributed by atoms with Crippen molar-refractivity contribution in [2.75, 3.05) is 25.6 Å². The van der Waals surface area contributed by atoms with Gasteiger partial charge in [-0.25, -0.2) is 9.59 Å². The molecule has 2 N–H and O–H groups in total. The third kappa shape index (κ3) is 4.77. The van der Waals surface area contributed by atoms with Gasteiger partial charge in [0, 0.05) is 25.5 Å². The maximum atomic E-state index is 12.7. The van der Waals surface area contributed by atoms with Crippen LogP contribution in [0.1, 0.15) is 45.2 Å². The van der Waals surface area contributed by atoms with E-state index in [9.17, 15) is 9.59 Å².